The Kier molecular flexibility index (Phi) is 4.76. The van der Waals surface area contributed by atoms with Gasteiger partial charge in [0.1, 0.15) is 5.82 Å². The Bertz CT molecular complexity index is 459. The molecule has 0 atom stereocenters. The molecule has 0 N–H and O–H groups in total. The minimum Gasteiger partial charge on any atom is -0.419 e. The van der Waals surface area contributed by atoms with Gasteiger partial charge in [0, 0.05) is 18.6 Å². The van der Waals surface area contributed by atoms with Crippen LogP contribution >= 0.6 is 0 Å². The number of carbonyl (C=O) groups is 1. The van der Waals surface area contributed by atoms with Gasteiger partial charge in [0.15, 0.2) is 0 Å². The number of nitrogens with zero attached hydrogens (tertiary/aromatic N) is 1. The summed E-state index contributed by atoms with van der Waals surface area (Å²) in [5.41, 5.74) is -0.422. The van der Waals surface area contributed by atoms with E-state index in [1.807, 2.05) is 13.8 Å². The maximum atomic E-state index is 13.0. The molecule has 18 heavy (non-hydrogen) atoms. The lowest BCUT2D eigenvalue weighted by Gasteiger charge is -2.06. The van der Waals surface area contributed by atoms with Crippen molar-refractivity contribution in [1.82, 2.24) is 0 Å². The lowest BCUT2D eigenvalue weighted by Crippen LogP contribution is -2.10. The second kappa shape index (κ2) is 6.09. The zero-order valence-electron chi connectivity index (χ0n) is 10.2. The standard InChI is InChI=1S/C12H14FNO4/c1-8(2)3-6-12(15)18-11-7-9(13)4-5-10(11)14(16)17/h4-5,7-8H,3,6H2,1-2H3. The van der Waals surface area contributed by atoms with Crippen LogP contribution in [-0.4, -0.2) is 10.9 Å². The van der Waals surface area contributed by atoms with Crippen molar-refractivity contribution >= 4 is 11.7 Å². The molecule has 0 amide bonds. The van der Waals surface area contributed by atoms with Crippen molar-refractivity contribution in [2.24, 2.45) is 5.92 Å². The molecule has 0 aliphatic carbocycles. The second-order valence-electron chi connectivity index (χ2n) is 4.28. The number of ether oxygens (including phenoxy) is 1. The number of esters is 1. The van der Waals surface area contributed by atoms with Crippen molar-refractivity contribution in [2.75, 3.05) is 0 Å². The molecule has 0 saturated heterocycles. The van der Waals surface area contributed by atoms with Crippen molar-refractivity contribution in [3.05, 3.63) is 34.1 Å². The van der Waals surface area contributed by atoms with Crippen molar-refractivity contribution in [2.45, 2.75) is 26.7 Å². The van der Waals surface area contributed by atoms with Crippen LogP contribution in [0.4, 0.5) is 10.1 Å². The van der Waals surface area contributed by atoms with Gasteiger partial charge in [-0.1, -0.05) is 13.8 Å². The number of hydrogen-bond acceptors (Lipinski definition) is 4. The van der Waals surface area contributed by atoms with Crippen LogP contribution in [0.2, 0.25) is 0 Å². The van der Waals surface area contributed by atoms with Crippen LogP contribution in [0.5, 0.6) is 5.75 Å². The Hall–Kier alpha value is -1.98. The SMILES string of the molecule is CC(C)CCC(=O)Oc1cc(F)ccc1[N+](=O)[O-]. The van der Waals surface area contributed by atoms with Gasteiger partial charge in [-0.15, -0.1) is 0 Å². The molecule has 0 aliphatic heterocycles. The average molecular weight is 255 g/mol. The van der Waals surface area contributed by atoms with Crippen LogP contribution in [0, 0.1) is 21.8 Å². The third kappa shape index (κ3) is 4.12. The van der Waals surface area contributed by atoms with E-state index in [1.165, 1.54) is 0 Å². The predicted octanol–water partition coefficient (Wildman–Crippen LogP) is 3.08. The number of hydrogen-bond donors (Lipinski definition) is 0. The third-order valence-electron chi connectivity index (χ3n) is 2.27. The molecular weight excluding hydrogens is 241 g/mol. The molecule has 0 unspecified atom stereocenters. The molecule has 0 radical (unpaired) electrons. The van der Waals surface area contributed by atoms with Gasteiger partial charge in [-0.3, -0.25) is 14.9 Å². The van der Waals surface area contributed by atoms with Crippen LogP contribution in [0.15, 0.2) is 18.2 Å². The first kappa shape index (κ1) is 14.1. The second-order valence-corrected chi connectivity index (χ2v) is 4.28. The maximum absolute atomic E-state index is 13.0. The van der Waals surface area contributed by atoms with Gasteiger partial charge in [-0.05, 0) is 18.4 Å². The average Bonchev–Trinajstić information content (AvgIpc) is 2.26. The van der Waals surface area contributed by atoms with Gasteiger partial charge in [-0.2, -0.15) is 0 Å². The largest absolute Gasteiger partial charge is 0.419 e. The van der Waals surface area contributed by atoms with Crippen molar-refractivity contribution in [3.8, 4) is 5.75 Å². The molecule has 0 aromatic heterocycles. The summed E-state index contributed by atoms with van der Waals surface area (Å²) in [5.74, 6) is -1.32. The fourth-order valence-electron chi connectivity index (χ4n) is 1.30. The molecule has 0 aliphatic rings. The van der Waals surface area contributed by atoms with E-state index in [2.05, 4.69) is 0 Å². The van der Waals surface area contributed by atoms with Crippen molar-refractivity contribution in [3.63, 3.8) is 0 Å². The Morgan fingerprint density at radius 2 is 2.17 bits per heavy atom. The lowest BCUT2D eigenvalue weighted by molar-refractivity contribution is -0.385. The highest BCUT2D eigenvalue weighted by molar-refractivity contribution is 5.73. The number of carbonyl (C=O) groups excluding carboxylic acids is 1. The van der Waals surface area contributed by atoms with E-state index in [-0.39, 0.29) is 12.2 Å². The minimum atomic E-state index is -0.718. The van der Waals surface area contributed by atoms with E-state index in [9.17, 15) is 19.3 Å². The van der Waals surface area contributed by atoms with Crippen LogP contribution in [0.25, 0.3) is 0 Å². The first-order valence-electron chi connectivity index (χ1n) is 5.54. The smallest absolute Gasteiger partial charge is 0.311 e. The quantitative estimate of drug-likeness (QED) is 0.351. The molecule has 0 spiro atoms. The van der Waals surface area contributed by atoms with E-state index in [4.69, 9.17) is 4.74 Å². The molecule has 0 bridgehead atoms. The number of rotatable bonds is 5. The van der Waals surface area contributed by atoms with Gasteiger partial charge >= 0.3 is 11.7 Å². The number of benzene rings is 1. The normalized spacial score (nSPS) is 10.4. The van der Waals surface area contributed by atoms with Crippen LogP contribution in [0.3, 0.4) is 0 Å². The van der Waals surface area contributed by atoms with Crippen molar-refractivity contribution in [1.29, 1.82) is 0 Å². The van der Waals surface area contributed by atoms with E-state index in [0.717, 1.165) is 18.2 Å². The molecule has 0 heterocycles. The molecule has 1 aromatic rings. The molecular formula is C12H14FNO4. The van der Waals surface area contributed by atoms with Crippen molar-refractivity contribution < 1.29 is 18.8 Å². The third-order valence-corrected chi connectivity index (χ3v) is 2.27. The molecule has 98 valence electrons. The van der Waals surface area contributed by atoms with Crippen LogP contribution < -0.4 is 4.74 Å². The first-order chi connectivity index (χ1) is 8.40. The summed E-state index contributed by atoms with van der Waals surface area (Å²) in [6, 6.07) is 2.76. The van der Waals surface area contributed by atoms with Crippen LogP contribution in [0.1, 0.15) is 26.7 Å². The first-order valence-corrected chi connectivity index (χ1v) is 5.54. The summed E-state index contributed by atoms with van der Waals surface area (Å²) in [7, 11) is 0. The van der Waals surface area contributed by atoms with E-state index < -0.39 is 22.4 Å². The zero-order valence-corrected chi connectivity index (χ0v) is 10.2. The molecule has 5 nitrogen and oxygen atoms in total. The van der Waals surface area contributed by atoms with E-state index >= 15 is 0 Å². The van der Waals surface area contributed by atoms with Gasteiger partial charge in [-0.25, -0.2) is 4.39 Å². The summed E-state index contributed by atoms with van der Waals surface area (Å²) in [4.78, 5) is 21.4. The summed E-state index contributed by atoms with van der Waals surface area (Å²) < 4.78 is 17.8. The predicted molar refractivity (Wildman–Crippen MR) is 62.8 cm³/mol. The van der Waals surface area contributed by atoms with Crippen LogP contribution in [-0.2, 0) is 4.79 Å². The van der Waals surface area contributed by atoms with Gasteiger partial charge < -0.3 is 4.74 Å². The lowest BCUT2D eigenvalue weighted by atomic mass is 10.1. The highest BCUT2D eigenvalue weighted by Gasteiger charge is 2.18. The van der Waals surface area contributed by atoms with Gasteiger partial charge in [0.05, 0.1) is 4.92 Å². The number of nitro groups is 1. The fourth-order valence-corrected chi connectivity index (χ4v) is 1.30. The summed E-state index contributed by atoms with van der Waals surface area (Å²) in [5, 5.41) is 10.7. The molecule has 0 fully saturated rings. The summed E-state index contributed by atoms with van der Waals surface area (Å²) in [6.45, 7) is 3.88. The highest BCUT2D eigenvalue weighted by Crippen LogP contribution is 2.27. The molecule has 0 saturated carbocycles. The Labute approximate surface area is 104 Å². The maximum Gasteiger partial charge on any atom is 0.311 e. The topological polar surface area (TPSA) is 69.4 Å². The minimum absolute atomic E-state index is 0.144. The number of halogens is 1. The monoisotopic (exact) mass is 255 g/mol. The van der Waals surface area contributed by atoms with E-state index in [1.54, 1.807) is 0 Å². The molecule has 6 heteroatoms. The number of nitro benzene ring substituents is 1. The van der Waals surface area contributed by atoms with Gasteiger partial charge in [0.2, 0.25) is 5.75 Å². The Morgan fingerprint density at radius 1 is 1.50 bits per heavy atom. The zero-order chi connectivity index (χ0) is 13.7. The van der Waals surface area contributed by atoms with Gasteiger partial charge in [0.25, 0.3) is 0 Å². The molecule has 1 rings (SSSR count). The molecule has 1 aromatic carbocycles. The highest BCUT2D eigenvalue weighted by atomic mass is 19.1. The summed E-state index contributed by atoms with van der Waals surface area (Å²) >= 11 is 0. The Morgan fingerprint density at radius 3 is 2.72 bits per heavy atom. The fraction of sp³-hybridized carbons (Fsp3) is 0.417. The Balaban J connectivity index is 2.79. The van der Waals surface area contributed by atoms with E-state index in [0.29, 0.717) is 12.3 Å². The summed E-state index contributed by atoms with van der Waals surface area (Å²) in [6.07, 6.45) is 0.757.